The molecule has 7 nitrogen and oxygen atoms in total. The number of carbonyl (C=O) groups excluding carboxylic acids is 1. The third-order valence-corrected chi connectivity index (χ3v) is 4.14. The first kappa shape index (κ1) is 18.3. The topological polar surface area (TPSA) is 91.0 Å². The predicted molar refractivity (Wildman–Crippen MR) is 104 cm³/mol. The lowest BCUT2D eigenvalue weighted by Crippen LogP contribution is -2.27. The summed E-state index contributed by atoms with van der Waals surface area (Å²) in [6, 6.07) is 12.5. The SMILES string of the molecule is CN(CCc1ccccn1)c1ncccc1CNC(=O)c1ccc(=O)[nH]c1. The van der Waals surface area contributed by atoms with Crippen LogP contribution in [0.15, 0.2) is 65.8 Å². The highest BCUT2D eigenvalue weighted by Crippen LogP contribution is 2.16. The molecule has 2 N–H and O–H groups in total. The van der Waals surface area contributed by atoms with Gasteiger partial charge in [-0.3, -0.25) is 14.6 Å². The average Bonchev–Trinajstić information content (AvgIpc) is 2.71. The van der Waals surface area contributed by atoms with Crippen molar-refractivity contribution in [2.75, 3.05) is 18.5 Å². The van der Waals surface area contributed by atoms with E-state index in [1.807, 2.05) is 37.4 Å². The lowest BCUT2D eigenvalue weighted by molar-refractivity contribution is 0.0950. The molecule has 0 unspecified atom stereocenters. The molecule has 3 rings (SSSR count). The van der Waals surface area contributed by atoms with Gasteiger partial charge in [-0.2, -0.15) is 0 Å². The van der Waals surface area contributed by atoms with E-state index in [2.05, 4.69) is 25.2 Å². The van der Waals surface area contributed by atoms with Crippen LogP contribution in [-0.4, -0.2) is 34.5 Å². The van der Waals surface area contributed by atoms with Crippen LogP contribution >= 0.6 is 0 Å². The quantitative estimate of drug-likeness (QED) is 0.668. The Hall–Kier alpha value is -3.48. The highest BCUT2D eigenvalue weighted by molar-refractivity contribution is 5.93. The average molecular weight is 363 g/mol. The molecule has 0 spiro atoms. The Morgan fingerprint density at radius 2 is 1.96 bits per heavy atom. The summed E-state index contributed by atoms with van der Waals surface area (Å²) in [6.07, 6.45) is 5.73. The van der Waals surface area contributed by atoms with Gasteiger partial charge in [0.25, 0.3) is 5.91 Å². The van der Waals surface area contributed by atoms with Crippen molar-refractivity contribution >= 4 is 11.7 Å². The number of carbonyl (C=O) groups is 1. The van der Waals surface area contributed by atoms with Crippen molar-refractivity contribution in [1.82, 2.24) is 20.3 Å². The molecule has 0 saturated heterocycles. The number of H-pyrrole nitrogens is 1. The second-order valence-corrected chi connectivity index (χ2v) is 6.10. The van der Waals surface area contributed by atoms with Gasteiger partial charge in [-0.05, 0) is 24.3 Å². The van der Waals surface area contributed by atoms with Crippen LogP contribution in [0.1, 0.15) is 21.6 Å². The molecule has 7 heteroatoms. The lowest BCUT2D eigenvalue weighted by Gasteiger charge is -2.21. The monoisotopic (exact) mass is 363 g/mol. The van der Waals surface area contributed by atoms with Crippen molar-refractivity contribution in [1.29, 1.82) is 0 Å². The number of amides is 1. The van der Waals surface area contributed by atoms with E-state index in [9.17, 15) is 9.59 Å². The van der Waals surface area contributed by atoms with E-state index in [0.29, 0.717) is 12.1 Å². The van der Waals surface area contributed by atoms with Crippen LogP contribution in [0.4, 0.5) is 5.82 Å². The second-order valence-electron chi connectivity index (χ2n) is 6.10. The predicted octanol–water partition coefficient (Wildman–Crippen LogP) is 1.77. The van der Waals surface area contributed by atoms with E-state index >= 15 is 0 Å². The summed E-state index contributed by atoms with van der Waals surface area (Å²) in [5.41, 5.74) is 2.10. The molecule has 3 aromatic heterocycles. The minimum atomic E-state index is -0.253. The summed E-state index contributed by atoms with van der Waals surface area (Å²) in [7, 11) is 1.97. The summed E-state index contributed by atoms with van der Waals surface area (Å²) in [6.45, 7) is 1.10. The van der Waals surface area contributed by atoms with E-state index in [4.69, 9.17) is 0 Å². The molecule has 27 heavy (non-hydrogen) atoms. The highest BCUT2D eigenvalue weighted by Gasteiger charge is 2.11. The van der Waals surface area contributed by atoms with Gasteiger partial charge in [0.05, 0.1) is 5.56 Å². The second kappa shape index (κ2) is 8.75. The number of nitrogens with zero attached hydrogens (tertiary/aromatic N) is 3. The number of hydrogen-bond donors (Lipinski definition) is 2. The molecule has 1 amide bonds. The Kier molecular flexibility index (Phi) is 5.94. The zero-order chi connectivity index (χ0) is 19.1. The van der Waals surface area contributed by atoms with Gasteiger partial charge >= 0.3 is 0 Å². The molecular weight excluding hydrogens is 342 g/mol. The number of rotatable bonds is 7. The standard InChI is InChI=1S/C20H21N5O2/c1-25(12-9-17-6-2-3-10-21-17)19-15(5-4-11-22-19)13-24-20(27)16-7-8-18(26)23-14-16/h2-8,10-11,14H,9,12-13H2,1H3,(H,23,26)(H,24,27). The van der Waals surface area contributed by atoms with Crippen molar-refractivity contribution in [3.8, 4) is 0 Å². The van der Waals surface area contributed by atoms with E-state index < -0.39 is 0 Å². The van der Waals surface area contributed by atoms with Crippen molar-refractivity contribution < 1.29 is 4.79 Å². The molecule has 0 fully saturated rings. The van der Waals surface area contributed by atoms with Gasteiger partial charge in [0.2, 0.25) is 5.56 Å². The number of aromatic nitrogens is 3. The molecule has 138 valence electrons. The molecule has 3 aromatic rings. The summed E-state index contributed by atoms with van der Waals surface area (Å²) >= 11 is 0. The Morgan fingerprint density at radius 1 is 1.11 bits per heavy atom. The summed E-state index contributed by atoms with van der Waals surface area (Å²) in [4.78, 5) is 36.7. The van der Waals surface area contributed by atoms with Crippen LogP contribution in [-0.2, 0) is 13.0 Å². The van der Waals surface area contributed by atoms with Crippen molar-refractivity contribution in [2.45, 2.75) is 13.0 Å². The molecule has 3 heterocycles. The maximum atomic E-state index is 12.2. The van der Waals surface area contributed by atoms with Crippen LogP contribution < -0.4 is 15.8 Å². The van der Waals surface area contributed by atoms with Gasteiger partial charge in [0, 0.05) is 62.5 Å². The lowest BCUT2D eigenvalue weighted by atomic mass is 10.2. The Balaban J connectivity index is 1.63. The van der Waals surface area contributed by atoms with E-state index in [0.717, 1.165) is 30.0 Å². The Morgan fingerprint density at radius 3 is 2.70 bits per heavy atom. The minimum Gasteiger partial charge on any atom is -0.359 e. The first-order chi connectivity index (χ1) is 13.1. The zero-order valence-electron chi connectivity index (χ0n) is 15.1. The number of hydrogen-bond acceptors (Lipinski definition) is 5. The zero-order valence-corrected chi connectivity index (χ0v) is 15.1. The largest absolute Gasteiger partial charge is 0.359 e. The highest BCUT2D eigenvalue weighted by atomic mass is 16.1. The van der Waals surface area contributed by atoms with Crippen LogP contribution in [0.3, 0.4) is 0 Å². The van der Waals surface area contributed by atoms with Gasteiger partial charge in [-0.15, -0.1) is 0 Å². The molecular formula is C20H21N5O2. The maximum Gasteiger partial charge on any atom is 0.253 e. The van der Waals surface area contributed by atoms with Crippen LogP contribution in [0, 0.1) is 0 Å². The van der Waals surface area contributed by atoms with Gasteiger partial charge in [-0.1, -0.05) is 12.1 Å². The normalized spacial score (nSPS) is 10.4. The van der Waals surface area contributed by atoms with E-state index in [-0.39, 0.29) is 11.5 Å². The van der Waals surface area contributed by atoms with Gasteiger partial charge in [0.15, 0.2) is 0 Å². The third-order valence-electron chi connectivity index (χ3n) is 4.14. The summed E-state index contributed by atoms with van der Waals surface area (Å²) in [5.74, 6) is 0.562. The van der Waals surface area contributed by atoms with Crippen LogP contribution in [0.2, 0.25) is 0 Å². The molecule has 0 aliphatic rings. The smallest absolute Gasteiger partial charge is 0.253 e. The number of nitrogens with one attached hydrogen (secondary N) is 2. The number of likely N-dealkylation sites (N-methyl/N-ethyl adjacent to an activating group) is 1. The molecule has 0 atom stereocenters. The minimum absolute atomic E-state index is 0.240. The van der Waals surface area contributed by atoms with Crippen molar-refractivity contribution in [2.24, 2.45) is 0 Å². The third kappa shape index (κ3) is 5.01. The number of aromatic amines is 1. The first-order valence-corrected chi connectivity index (χ1v) is 8.65. The number of anilines is 1. The molecule has 0 radical (unpaired) electrons. The van der Waals surface area contributed by atoms with E-state index in [1.165, 1.54) is 18.3 Å². The fraction of sp³-hybridized carbons (Fsp3) is 0.200. The number of pyridine rings is 3. The molecule has 0 aliphatic heterocycles. The van der Waals surface area contributed by atoms with Gasteiger partial charge in [0.1, 0.15) is 5.82 Å². The molecule has 0 saturated carbocycles. The van der Waals surface area contributed by atoms with Crippen LogP contribution in [0.5, 0.6) is 0 Å². The molecule has 0 aromatic carbocycles. The Bertz CT molecular complexity index is 935. The fourth-order valence-electron chi connectivity index (χ4n) is 2.68. The summed E-state index contributed by atoms with van der Waals surface area (Å²) in [5, 5.41) is 2.86. The Labute approximate surface area is 157 Å². The van der Waals surface area contributed by atoms with Crippen LogP contribution in [0.25, 0.3) is 0 Å². The first-order valence-electron chi connectivity index (χ1n) is 8.65. The maximum absolute atomic E-state index is 12.2. The fourth-order valence-corrected chi connectivity index (χ4v) is 2.68. The summed E-state index contributed by atoms with van der Waals surface area (Å²) < 4.78 is 0. The van der Waals surface area contributed by atoms with Crippen molar-refractivity contribution in [3.05, 3.63) is 88.2 Å². The van der Waals surface area contributed by atoms with E-state index in [1.54, 1.807) is 12.4 Å². The van der Waals surface area contributed by atoms with Crippen molar-refractivity contribution in [3.63, 3.8) is 0 Å². The molecule has 0 aliphatic carbocycles. The molecule has 0 bridgehead atoms. The van der Waals surface area contributed by atoms with Gasteiger partial charge < -0.3 is 15.2 Å². The van der Waals surface area contributed by atoms with Gasteiger partial charge in [-0.25, -0.2) is 4.98 Å².